The summed E-state index contributed by atoms with van der Waals surface area (Å²) in [6.45, 7) is 6.80. The van der Waals surface area contributed by atoms with Crippen LogP contribution in [0.2, 0.25) is 0 Å². The van der Waals surface area contributed by atoms with Gasteiger partial charge in [0.15, 0.2) is 0 Å². The van der Waals surface area contributed by atoms with E-state index in [1.54, 1.807) is 42.4 Å². The number of nitrogen functional groups attached to an aromatic ring is 1. The van der Waals surface area contributed by atoms with Gasteiger partial charge < -0.3 is 21.1 Å². The molecule has 1 fully saturated rings. The number of halogens is 1. The summed E-state index contributed by atoms with van der Waals surface area (Å²) in [6, 6.07) is 14.8. The number of nitrogens with two attached hydrogens (primary N) is 2. The molecule has 50 heavy (non-hydrogen) atoms. The Hall–Kier alpha value is -4.70. The molecule has 0 saturated carbocycles. The zero-order valence-electron chi connectivity index (χ0n) is 28.6. The van der Waals surface area contributed by atoms with Gasteiger partial charge in [-0.15, -0.1) is 0 Å². The number of pyridine rings is 2. The molecular formula is C36H43IN10O3. The van der Waals surface area contributed by atoms with Crippen molar-refractivity contribution >= 4 is 69.4 Å². The summed E-state index contributed by atoms with van der Waals surface area (Å²) in [6.07, 6.45) is 6.49. The SMILES string of the molecule is CCN(C(=O)[C@@H]1CCN(CC(=O)N2CC=C(c3ccc(C(N)=NC=NC)cc3)CC2)C1)c1ccc(N)c(C(=N)c2ccc(OC(C)I)nc2)n1. The molecule has 0 radical (unpaired) electrons. The molecule has 5 rings (SSSR count). The summed E-state index contributed by atoms with van der Waals surface area (Å²) < 4.78 is 5.55. The molecule has 2 aliphatic heterocycles. The Bertz CT molecular complexity index is 1790. The van der Waals surface area contributed by atoms with Crippen LogP contribution in [-0.2, 0) is 9.59 Å². The molecule has 1 saturated heterocycles. The fourth-order valence-corrected chi connectivity index (χ4v) is 6.30. The van der Waals surface area contributed by atoms with Gasteiger partial charge in [-0.25, -0.2) is 15.0 Å². The predicted molar refractivity (Wildman–Crippen MR) is 206 cm³/mol. The van der Waals surface area contributed by atoms with Crippen LogP contribution in [0, 0.1) is 11.3 Å². The Kier molecular flexibility index (Phi) is 12.3. The summed E-state index contributed by atoms with van der Waals surface area (Å²) in [5, 5.41) is 8.78. The average molecular weight is 791 g/mol. The molecule has 2 amide bonds. The molecule has 4 heterocycles. The number of nitrogens with one attached hydrogen (secondary N) is 1. The lowest BCUT2D eigenvalue weighted by molar-refractivity contribution is -0.132. The maximum atomic E-state index is 13.8. The Morgan fingerprint density at radius 1 is 1.16 bits per heavy atom. The van der Waals surface area contributed by atoms with Crippen molar-refractivity contribution in [3.63, 3.8) is 0 Å². The summed E-state index contributed by atoms with van der Waals surface area (Å²) in [5.74, 6) is 1.03. The van der Waals surface area contributed by atoms with Gasteiger partial charge in [0.1, 0.15) is 27.8 Å². The molecule has 3 aromatic rings. The Morgan fingerprint density at radius 3 is 2.56 bits per heavy atom. The van der Waals surface area contributed by atoms with E-state index >= 15 is 0 Å². The summed E-state index contributed by atoms with van der Waals surface area (Å²) in [7, 11) is 1.64. The predicted octanol–water partition coefficient (Wildman–Crippen LogP) is 3.99. The van der Waals surface area contributed by atoms with Gasteiger partial charge in [-0.2, -0.15) is 0 Å². The third-order valence-electron chi connectivity index (χ3n) is 8.72. The number of amidine groups is 1. The molecule has 2 aliphatic rings. The van der Waals surface area contributed by atoms with Crippen LogP contribution < -0.4 is 21.1 Å². The Balaban J connectivity index is 1.16. The monoisotopic (exact) mass is 790 g/mol. The largest absolute Gasteiger partial charge is 0.464 e. The second-order valence-electron chi connectivity index (χ2n) is 12.1. The van der Waals surface area contributed by atoms with Crippen molar-refractivity contribution < 1.29 is 14.3 Å². The van der Waals surface area contributed by atoms with Crippen LogP contribution in [0.1, 0.15) is 49.1 Å². The number of amides is 2. The number of likely N-dealkylation sites (tertiary alicyclic amines) is 1. The fourth-order valence-electron chi connectivity index (χ4n) is 6.04. The fraction of sp³-hybridized carbons (Fsp3) is 0.361. The molecule has 0 bridgehead atoms. The number of rotatable bonds is 12. The van der Waals surface area contributed by atoms with E-state index in [0.717, 1.165) is 17.5 Å². The quantitative estimate of drug-likeness (QED) is 0.107. The highest BCUT2D eigenvalue weighted by molar-refractivity contribution is 14.1. The lowest BCUT2D eigenvalue weighted by Crippen LogP contribution is -2.42. The minimum absolute atomic E-state index is 0.0463. The van der Waals surface area contributed by atoms with Crippen LogP contribution in [0.5, 0.6) is 5.88 Å². The van der Waals surface area contributed by atoms with Crippen LogP contribution in [0.3, 0.4) is 0 Å². The van der Waals surface area contributed by atoms with E-state index in [1.165, 1.54) is 11.9 Å². The number of nitrogens with zero attached hydrogens (tertiary/aromatic N) is 7. The number of carbonyl (C=O) groups excluding carboxylic acids is 2. The number of carbonyl (C=O) groups is 2. The van der Waals surface area contributed by atoms with Gasteiger partial charge in [-0.1, -0.05) is 30.3 Å². The molecule has 14 heteroatoms. The van der Waals surface area contributed by atoms with Crippen LogP contribution in [0.4, 0.5) is 11.5 Å². The van der Waals surface area contributed by atoms with E-state index in [1.807, 2.05) is 43.0 Å². The summed E-state index contributed by atoms with van der Waals surface area (Å²) >= 11 is 2.14. The minimum atomic E-state index is -0.272. The molecule has 1 unspecified atom stereocenters. The van der Waals surface area contributed by atoms with Crippen molar-refractivity contribution in [1.29, 1.82) is 5.41 Å². The molecule has 13 nitrogen and oxygen atoms in total. The standard InChI is InChI=1S/C36H43IN10O3/c1-4-47(30-11-10-29(38)34(44-30)33(39)27-9-12-31(42-19-27)50-23(2)37)36(49)28-13-16-45(20-28)21-32(48)46-17-14-25(15-18-46)24-5-7-26(8-6-24)35(40)43-22-41-3/h5-12,14,19,22-23,28,39H,4,13,15-18,20-21,38H2,1-3H3,(H2,40,41,43)/t23?,28-/m1/s1. The van der Waals surface area contributed by atoms with Crippen LogP contribution in [-0.4, -0.2) is 99.9 Å². The zero-order valence-corrected chi connectivity index (χ0v) is 30.7. The minimum Gasteiger partial charge on any atom is -0.464 e. The number of aliphatic imine (C=N–C) groups is 2. The smallest absolute Gasteiger partial charge is 0.237 e. The molecule has 5 N–H and O–H groups in total. The second-order valence-corrected chi connectivity index (χ2v) is 13.9. The van der Waals surface area contributed by atoms with Gasteiger partial charge in [0.05, 0.1) is 23.9 Å². The first-order chi connectivity index (χ1) is 24.1. The number of aromatic nitrogens is 2. The van der Waals surface area contributed by atoms with Crippen molar-refractivity contribution in [2.45, 2.75) is 30.8 Å². The number of ether oxygens (including phenoxy) is 1. The molecule has 2 atom stereocenters. The molecule has 0 spiro atoms. The van der Waals surface area contributed by atoms with E-state index in [0.29, 0.717) is 67.9 Å². The second kappa shape index (κ2) is 16.8. The number of anilines is 2. The average Bonchev–Trinajstić information content (AvgIpc) is 3.60. The van der Waals surface area contributed by atoms with Crippen LogP contribution in [0.15, 0.2) is 70.8 Å². The number of hydrogen-bond donors (Lipinski definition) is 3. The van der Waals surface area contributed by atoms with E-state index in [4.69, 9.17) is 21.6 Å². The maximum absolute atomic E-state index is 13.8. The number of benzene rings is 1. The zero-order chi connectivity index (χ0) is 35.8. The molecule has 2 aromatic heterocycles. The van der Waals surface area contributed by atoms with Gasteiger partial charge in [0.25, 0.3) is 0 Å². The highest BCUT2D eigenvalue weighted by Gasteiger charge is 2.34. The van der Waals surface area contributed by atoms with E-state index in [2.05, 4.69) is 53.5 Å². The number of hydrogen-bond acceptors (Lipinski definition) is 9. The third-order valence-corrected chi connectivity index (χ3v) is 8.98. The summed E-state index contributed by atoms with van der Waals surface area (Å²) in [4.78, 5) is 49.5. The lowest BCUT2D eigenvalue weighted by atomic mass is 9.98. The molecule has 1 aromatic carbocycles. The lowest BCUT2D eigenvalue weighted by Gasteiger charge is -2.29. The van der Waals surface area contributed by atoms with Crippen molar-refractivity contribution in [1.82, 2.24) is 19.8 Å². The van der Waals surface area contributed by atoms with Crippen LogP contribution in [0.25, 0.3) is 5.57 Å². The molecule has 0 aliphatic carbocycles. The van der Waals surface area contributed by atoms with Crippen molar-refractivity contribution in [3.05, 3.63) is 83.2 Å². The number of alkyl halides is 1. The highest BCUT2D eigenvalue weighted by atomic mass is 127. The van der Waals surface area contributed by atoms with Gasteiger partial charge in [0.2, 0.25) is 17.7 Å². The van der Waals surface area contributed by atoms with Crippen molar-refractivity contribution in [3.8, 4) is 5.88 Å². The molecular weight excluding hydrogens is 747 g/mol. The highest BCUT2D eigenvalue weighted by Crippen LogP contribution is 2.26. The first-order valence-electron chi connectivity index (χ1n) is 16.6. The Morgan fingerprint density at radius 2 is 1.92 bits per heavy atom. The van der Waals surface area contributed by atoms with Crippen molar-refractivity contribution in [2.24, 2.45) is 21.6 Å². The Labute approximate surface area is 306 Å². The van der Waals surface area contributed by atoms with Gasteiger partial charge >= 0.3 is 0 Å². The maximum Gasteiger partial charge on any atom is 0.237 e. The van der Waals surface area contributed by atoms with E-state index < -0.39 is 0 Å². The van der Waals surface area contributed by atoms with Gasteiger partial charge in [0, 0.05) is 56.6 Å². The summed E-state index contributed by atoms with van der Waals surface area (Å²) in [5.41, 5.74) is 16.6. The topological polar surface area (TPSA) is 179 Å². The van der Waals surface area contributed by atoms with Gasteiger partial charge in [-0.3, -0.25) is 29.8 Å². The van der Waals surface area contributed by atoms with Gasteiger partial charge in [-0.05, 0) is 85.2 Å². The van der Waals surface area contributed by atoms with E-state index in [9.17, 15) is 9.59 Å². The first kappa shape index (κ1) is 36.6. The first-order valence-corrected chi connectivity index (χ1v) is 17.8. The van der Waals surface area contributed by atoms with Crippen LogP contribution >= 0.6 is 22.6 Å². The third kappa shape index (κ3) is 8.90. The van der Waals surface area contributed by atoms with E-state index in [-0.39, 0.29) is 39.8 Å². The normalized spacial score (nSPS) is 17.4. The van der Waals surface area contributed by atoms with Crippen molar-refractivity contribution in [2.75, 3.05) is 56.9 Å². The molecule has 262 valence electrons.